The Morgan fingerprint density at radius 1 is 1.12 bits per heavy atom. The molecular weight excluding hydrogens is 449 g/mol. The highest BCUT2D eigenvalue weighted by Crippen LogP contribution is 2.40. The number of aromatic nitrogens is 5. The molecule has 176 valence electrons. The third-order valence-electron chi connectivity index (χ3n) is 6.55. The highest BCUT2D eigenvalue weighted by molar-refractivity contribution is 7.99. The van der Waals surface area contributed by atoms with Gasteiger partial charge in [-0.15, -0.1) is 10.2 Å². The fourth-order valence-corrected chi connectivity index (χ4v) is 5.25. The van der Waals surface area contributed by atoms with Gasteiger partial charge in [0.25, 0.3) is 0 Å². The Kier molecular flexibility index (Phi) is 6.76. The Hall–Kier alpha value is -2.46. The summed E-state index contributed by atoms with van der Waals surface area (Å²) >= 11 is 1.66. The molecule has 3 aromatic rings. The van der Waals surface area contributed by atoms with E-state index in [9.17, 15) is 13.2 Å². The Morgan fingerprint density at radius 2 is 1.82 bits per heavy atom. The van der Waals surface area contributed by atoms with E-state index in [-0.39, 0.29) is 5.41 Å². The molecular formula is C23H27F3N6S. The molecule has 1 aliphatic heterocycles. The zero-order chi connectivity index (χ0) is 23.6. The summed E-state index contributed by atoms with van der Waals surface area (Å²) < 4.78 is 40.7. The fraction of sp³-hybridized carbons (Fsp3) is 0.478. The standard InChI is InChI=1S/C23H27F3N6S/c1-16-13-32(14-22(16,2)18-5-7-19(8-6-18)23(24,25)26)9-4-10-33-21-30-29-20(31(21)3)17-11-27-15-28-12-17/h5-8,11-12,15-16H,4,9-10,13-14H2,1-3H3/t16-,22-/m0/s1. The molecule has 0 radical (unpaired) electrons. The third-order valence-corrected chi connectivity index (χ3v) is 7.65. The summed E-state index contributed by atoms with van der Waals surface area (Å²) in [5, 5.41) is 9.39. The number of benzene rings is 1. The van der Waals surface area contributed by atoms with Crippen LogP contribution in [0.4, 0.5) is 13.2 Å². The molecule has 4 rings (SSSR count). The van der Waals surface area contributed by atoms with Gasteiger partial charge < -0.3 is 9.47 Å². The van der Waals surface area contributed by atoms with Crippen molar-refractivity contribution in [3.63, 3.8) is 0 Å². The molecule has 1 saturated heterocycles. The average Bonchev–Trinajstić information content (AvgIpc) is 3.30. The van der Waals surface area contributed by atoms with Crippen molar-refractivity contribution in [1.82, 2.24) is 29.6 Å². The summed E-state index contributed by atoms with van der Waals surface area (Å²) in [6, 6.07) is 5.68. The molecule has 1 fully saturated rings. The Labute approximate surface area is 195 Å². The number of nitrogens with zero attached hydrogens (tertiary/aromatic N) is 6. The van der Waals surface area contributed by atoms with Crippen molar-refractivity contribution in [3.8, 4) is 11.4 Å². The van der Waals surface area contributed by atoms with Gasteiger partial charge in [0, 0.05) is 43.7 Å². The first-order chi connectivity index (χ1) is 15.7. The van der Waals surface area contributed by atoms with Crippen LogP contribution in [0.25, 0.3) is 11.4 Å². The largest absolute Gasteiger partial charge is 0.416 e. The molecule has 33 heavy (non-hydrogen) atoms. The summed E-state index contributed by atoms with van der Waals surface area (Å²) in [7, 11) is 1.93. The minimum absolute atomic E-state index is 0.159. The summed E-state index contributed by atoms with van der Waals surface area (Å²) in [6.07, 6.45) is 1.60. The fourth-order valence-electron chi connectivity index (χ4n) is 4.42. The van der Waals surface area contributed by atoms with Crippen molar-refractivity contribution in [2.45, 2.75) is 37.0 Å². The summed E-state index contributed by atoms with van der Waals surface area (Å²) in [5.74, 6) is 1.99. The SMILES string of the molecule is C[C@H]1CN(CCCSc2nnc(-c3cncnc3)n2C)C[C@]1(C)c1ccc(C(F)(F)F)cc1. The molecule has 1 aliphatic rings. The first-order valence-corrected chi connectivity index (χ1v) is 11.8. The molecule has 3 heterocycles. The van der Waals surface area contributed by atoms with Crippen LogP contribution in [0.15, 0.2) is 48.1 Å². The van der Waals surface area contributed by atoms with Gasteiger partial charge in [-0.1, -0.05) is 37.7 Å². The molecule has 10 heteroatoms. The van der Waals surface area contributed by atoms with Crippen molar-refractivity contribution in [3.05, 3.63) is 54.1 Å². The van der Waals surface area contributed by atoms with E-state index >= 15 is 0 Å². The lowest BCUT2D eigenvalue weighted by Crippen LogP contribution is -2.31. The van der Waals surface area contributed by atoms with Gasteiger partial charge in [-0.25, -0.2) is 9.97 Å². The predicted molar refractivity (Wildman–Crippen MR) is 122 cm³/mol. The van der Waals surface area contributed by atoms with Crippen LogP contribution in [0.5, 0.6) is 0 Å². The average molecular weight is 477 g/mol. The highest BCUT2D eigenvalue weighted by atomic mass is 32.2. The number of rotatable bonds is 7. The lowest BCUT2D eigenvalue weighted by Gasteiger charge is -2.29. The highest BCUT2D eigenvalue weighted by Gasteiger charge is 2.41. The Balaban J connectivity index is 1.30. The lowest BCUT2D eigenvalue weighted by molar-refractivity contribution is -0.137. The van der Waals surface area contributed by atoms with E-state index in [1.54, 1.807) is 36.3 Å². The number of hydrogen-bond donors (Lipinski definition) is 0. The number of alkyl halides is 3. The first-order valence-electron chi connectivity index (χ1n) is 10.9. The molecule has 0 bridgehead atoms. The normalized spacial score (nSPS) is 21.6. The van der Waals surface area contributed by atoms with E-state index in [0.717, 1.165) is 53.9 Å². The van der Waals surface area contributed by atoms with Gasteiger partial charge in [-0.3, -0.25) is 0 Å². The molecule has 0 aliphatic carbocycles. The van der Waals surface area contributed by atoms with Gasteiger partial charge in [-0.05, 0) is 36.6 Å². The second kappa shape index (κ2) is 9.42. The minimum atomic E-state index is -4.30. The molecule has 0 spiro atoms. The van der Waals surface area contributed by atoms with Crippen molar-refractivity contribution < 1.29 is 13.2 Å². The van der Waals surface area contributed by atoms with Gasteiger partial charge in [0.05, 0.1) is 11.1 Å². The molecule has 6 nitrogen and oxygen atoms in total. The summed E-state index contributed by atoms with van der Waals surface area (Å²) in [5.41, 5.74) is 1.04. The first kappa shape index (κ1) is 23.7. The van der Waals surface area contributed by atoms with Crippen molar-refractivity contribution >= 4 is 11.8 Å². The van der Waals surface area contributed by atoms with Gasteiger partial charge in [0.15, 0.2) is 11.0 Å². The topological polar surface area (TPSA) is 59.7 Å². The molecule has 1 aromatic carbocycles. The van der Waals surface area contributed by atoms with Crippen LogP contribution in [0.2, 0.25) is 0 Å². The van der Waals surface area contributed by atoms with Crippen LogP contribution >= 0.6 is 11.8 Å². The van der Waals surface area contributed by atoms with Crippen LogP contribution in [0.1, 0.15) is 31.4 Å². The van der Waals surface area contributed by atoms with Crippen molar-refractivity contribution in [1.29, 1.82) is 0 Å². The Morgan fingerprint density at radius 3 is 2.48 bits per heavy atom. The maximum Gasteiger partial charge on any atom is 0.416 e. The molecule has 0 saturated carbocycles. The minimum Gasteiger partial charge on any atom is -0.305 e. The summed E-state index contributed by atoms with van der Waals surface area (Å²) in [6.45, 7) is 7.05. The van der Waals surface area contributed by atoms with E-state index in [0.29, 0.717) is 5.92 Å². The monoisotopic (exact) mass is 476 g/mol. The maximum absolute atomic E-state index is 12.9. The van der Waals surface area contributed by atoms with E-state index in [2.05, 4.69) is 38.9 Å². The van der Waals surface area contributed by atoms with Crippen LogP contribution in [-0.2, 0) is 18.6 Å². The van der Waals surface area contributed by atoms with E-state index in [4.69, 9.17) is 0 Å². The molecule has 2 atom stereocenters. The molecule has 2 aromatic heterocycles. The zero-order valence-electron chi connectivity index (χ0n) is 18.9. The number of halogens is 3. The van der Waals surface area contributed by atoms with Crippen LogP contribution < -0.4 is 0 Å². The van der Waals surface area contributed by atoms with E-state index in [1.807, 2.05) is 11.6 Å². The van der Waals surface area contributed by atoms with Gasteiger partial charge in [-0.2, -0.15) is 13.2 Å². The Bertz CT molecular complexity index is 1070. The van der Waals surface area contributed by atoms with Crippen molar-refractivity contribution in [2.75, 3.05) is 25.4 Å². The molecule has 0 unspecified atom stereocenters. The number of hydrogen-bond acceptors (Lipinski definition) is 6. The van der Waals surface area contributed by atoms with Gasteiger partial charge in [0.1, 0.15) is 6.33 Å². The lowest BCUT2D eigenvalue weighted by atomic mass is 9.75. The maximum atomic E-state index is 12.9. The zero-order valence-corrected chi connectivity index (χ0v) is 19.7. The second-order valence-corrected chi connectivity index (χ2v) is 9.89. The predicted octanol–water partition coefficient (Wildman–Crippen LogP) is 4.68. The molecule has 0 N–H and O–H groups in total. The van der Waals surface area contributed by atoms with E-state index in [1.165, 1.54) is 18.5 Å². The summed E-state index contributed by atoms with van der Waals surface area (Å²) in [4.78, 5) is 10.5. The van der Waals surface area contributed by atoms with Crippen molar-refractivity contribution in [2.24, 2.45) is 13.0 Å². The molecule has 0 amide bonds. The number of likely N-dealkylation sites (tertiary alicyclic amines) is 1. The number of thioether (sulfide) groups is 1. The van der Waals surface area contributed by atoms with Crippen LogP contribution in [0.3, 0.4) is 0 Å². The third kappa shape index (κ3) is 5.06. The quantitative estimate of drug-likeness (QED) is 0.365. The van der Waals surface area contributed by atoms with Gasteiger partial charge in [0.2, 0.25) is 0 Å². The smallest absolute Gasteiger partial charge is 0.305 e. The van der Waals surface area contributed by atoms with Crippen LogP contribution in [-0.4, -0.2) is 55.0 Å². The van der Waals surface area contributed by atoms with E-state index < -0.39 is 11.7 Å². The van der Waals surface area contributed by atoms with Gasteiger partial charge >= 0.3 is 6.18 Å². The van der Waals surface area contributed by atoms with Crippen LogP contribution in [0, 0.1) is 5.92 Å². The second-order valence-electron chi connectivity index (χ2n) is 8.82.